The minimum atomic E-state index is -1.35. The zero-order chi connectivity index (χ0) is 29.3. The minimum absolute atomic E-state index is 0.00700. The van der Waals surface area contributed by atoms with E-state index in [-0.39, 0.29) is 36.3 Å². The van der Waals surface area contributed by atoms with Crippen molar-refractivity contribution in [1.82, 2.24) is 4.98 Å². The Morgan fingerprint density at radius 2 is 1.79 bits per heavy atom. The highest BCUT2D eigenvalue weighted by atomic mass is 19.1. The molecule has 2 heterocycles. The Morgan fingerprint density at radius 3 is 2.57 bits per heavy atom. The van der Waals surface area contributed by atoms with Crippen molar-refractivity contribution in [2.45, 2.75) is 75.8 Å². The van der Waals surface area contributed by atoms with Gasteiger partial charge in [0.1, 0.15) is 23.2 Å². The Morgan fingerprint density at radius 1 is 0.976 bits per heavy atom. The summed E-state index contributed by atoms with van der Waals surface area (Å²) in [6.45, 7) is 0. The summed E-state index contributed by atoms with van der Waals surface area (Å²) in [6.07, 6.45) is 8.15. The first-order valence-corrected chi connectivity index (χ1v) is 14.8. The molecule has 6 rings (SSSR count). The fourth-order valence-electron chi connectivity index (χ4n) is 7.24. The van der Waals surface area contributed by atoms with Gasteiger partial charge in [0.2, 0.25) is 5.91 Å². The number of aryl methyl sites for hydroxylation is 1. The first-order valence-electron chi connectivity index (χ1n) is 14.8. The second kappa shape index (κ2) is 11.5. The van der Waals surface area contributed by atoms with Crippen LogP contribution < -0.4 is 9.80 Å². The largest absolute Gasteiger partial charge is 0.296 e. The summed E-state index contributed by atoms with van der Waals surface area (Å²) in [5.74, 6) is -1.26. The topological polar surface area (TPSA) is 94.4 Å². The van der Waals surface area contributed by atoms with E-state index in [2.05, 4.69) is 11.1 Å². The third kappa shape index (κ3) is 4.77. The van der Waals surface area contributed by atoms with Crippen LogP contribution in [0.25, 0.3) is 0 Å². The molecule has 0 bridgehead atoms. The SMILES string of the molecule is N#Cc1ccnc(N2C(=O)CC[C@H]2C(=O)N(c2cccc(F)c2)[C@@]2(C(=O)C3CCCCC3)CCCc3ccccc32)c1. The first kappa shape index (κ1) is 27.8. The number of pyridine rings is 1. The lowest BCUT2D eigenvalue weighted by atomic mass is 9.67. The number of carbonyl (C=O) groups is 3. The summed E-state index contributed by atoms with van der Waals surface area (Å²) in [7, 11) is 0. The monoisotopic (exact) mass is 564 g/mol. The van der Waals surface area contributed by atoms with Crippen LogP contribution in [-0.4, -0.2) is 28.6 Å². The average Bonchev–Trinajstić information content (AvgIpc) is 3.42. The van der Waals surface area contributed by atoms with Gasteiger partial charge in [0.25, 0.3) is 5.91 Å². The molecule has 0 radical (unpaired) electrons. The number of benzene rings is 2. The third-order valence-corrected chi connectivity index (χ3v) is 9.12. The standard InChI is InChI=1S/C34H33FN4O3/c35-26-12-6-13-27(21-26)39(33(42)29-15-16-31(40)38(29)30-20-23(22-36)17-19-37-30)34(32(41)25-9-2-1-3-10-25)18-7-11-24-8-4-5-14-28(24)34/h4-6,8,12-14,17,19-21,25,29H,1-3,7,9-11,15-16,18H2/t29-,34-/m0/s1. The van der Waals surface area contributed by atoms with Crippen LogP contribution in [0.2, 0.25) is 0 Å². The van der Waals surface area contributed by atoms with Crippen molar-refractivity contribution in [3.05, 3.63) is 89.4 Å². The van der Waals surface area contributed by atoms with Crippen LogP contribution in [0.5, 0.6) is 0 Å². The van der Waals surface area contributed by atoms with Gasteiger partial charge >= 0.3 is 0 Å². The van der Waals surface area contributed by atoms with Crippen LogP contribution in [0.4, 0.5) is 15.9 Å². The van der Waals surface area contributed by atoms with Gasteiger partial charge in [0, 0.05) is 24.2 Å². The fourth-order valence-corrected chi connectivity index (χ4v) is 7.24. The predicted molar refractivity (Wildman–Crippen MR) is 156 cm³/mol. The van der Waals surface area contributed by atoms with Crippen LogP contribution in [0, 0.1) is 23.1 Å². The van der Waals surface area contributed by atoms with Gasteiger partial charge < -0.3 is 0 Å². The van der Waals surface area contributed by atoms with Gasteiger partial charge in [0.15, 0.2) is 5.78 Å². The number of hydrogen-bond acceptors (Lipinski definition) is 5. The van der Waals surface area contributed by atoms with E-state index in [1.807, 2.05) is 24.3 Å². The molecule has 0 spiro atoms. The van der Waals surface area contributed by atoms with Gasteiger partial charge in [-0.25, -0.2) is 9.37 Å². The van der Waals surface area contributed by atoms with E-state index < -0.39 is 23.3 Å². The van der Waals surface area contributed by atoms with Crippen LogP contribution >= 0.6 is 0 Å². The van der Waals surface area contributed by atoms with E-state index in [9.17, 15) is 19.2 Å². The number of aromatic nitrogens is 1. The molecule has 2 fully saturated rings. The molecular formula is C34H33FN4O3. The van der Waals surface area contributed by atoms with Gasteiger partial charge in [-0.1, -0.05) is 49.6 Å². The number of nitriles is 1. The number of rotatable bonds is 6. The number of fused-ring (bicyclic) bond motifs is 1. The molecule has 8 heteroatoms. The second-order valence-corrected chi connectivity index (χ2v) is 11.6. The summed E-state index contributed by atoms with van der Waals surface area (Å²) < 4.78 is 14.9. The number of anilines is 2. The van der Waals surface area contributed by atoms with Crippen LogP contribution in [0.15, 0.2) is 66.9 Å². The molecule has 2 aromatic carbocycles. The molecule has 7 nitrogen and oxygen atoms in total. The minimum Gasteiger partial charge on any atom is -0.296 e. The molecule has 1 saturated heterocycles. The smallest absolute Gasteiger partial charge is 0.251 e. The lowest BCUT2D eigenvalue weighted by Gasteiger charge is -2.49. The maximum absolute atomic E-state index is 15.0. The highest BCUT2D eigenvalue weighted by molar-refractivity contribution is 6.12. The molecule has 2 atom stereocenters. The van der Waals surface area contributed by atoms with Crippen molar-refractivity contribution >= 4 is 29.1 Å². The number of Topliss-reactive ketones (excluding diaryl/α,β-unsaturated/α-hetero) is 1. The number of ketones is 1. The van der Waals surface area contributed by atoms with Gasteiger partial charge in [-0.15, -0.1) is 0 Å². The Kier molecular flexibility index (Phi) is 7.59. The van der Waals surface area contributed by atoms with Crippen LogP contribution in [-0.2, 0) is 26.3 Å². The molecule has 3 aromatic rings. The number of amides is 2. The molecule has 1 saturated carbocycles. The van der Waals surface area contributed by atoms with Crippen molar-refractivity contribution in [1.29, 1.82) is 5.26 Å². The van der Waals surface area contributed by atoms with E-state index in [1.165, 1.54) is 40.3 Å². The van der Waals surface area contributed by atoms with Crippen molar-refractivity contribution in [3.8, 4) is 6.07 Å². The molecular weight excluding hydrogens is 531 g/mol. The number of nitrogens with zero attached hydrogens (tertiary/aromatic N) is 4. The van der Waals surface area contributed by atoms with Crippen molar-refractivity contribution in [2.75, 3.05) is 9.80 Å². The molecule has 214 valence electrons. The molecule has 0 N–H and O–H groups in total. The number of carbonyl (C=O) groups excluding carboxylic acids is 3. The summed E-state index contributed by atoms with van der Waals surface area (Å²) in [5.41, 5.74) is 1.05. The maximum Gasteiger partial charge on any atom is 0.251 e. The zero-order valence-electron chi connectivity index (χ0n) is 23.5. The maximum atomic E-state index is 15.0. The molecule has 42 heavy (non-hydrogen) atoms. The Bertz CT molecular complexity index is 1580. The van der Waals surface area contributed by atoms with E-state index in [4.69, 9.17) is 0 Å². The van der Waals surface area contributed by atoms with Gasteiger partial charge in [-0.3, -0.25) is 24.2 Å². The summed E-state index contributed by atoms with van der Waals surface area (Å²) >= 11 is 0. The molecule has 0 unspecified atom stereocenters. The lowest BCUT2D eigenvalue weighted by molar-refractivity contribution is -0.134. The lowest BCUT2D eigenvalue weighted by Crippen LogP contribution is -2.62. The summed E-state index contributed by atoms with van der Waals surface area (Å²) in [5, 5.41) is 9.46. The predicted octanol–water partition coefficient (Wildman–Crippen LogP) is 6.00. The summed E-state index contributed by atoms with van der Waals surface area (Å²) in [6, 6.07) is 17.8. The quantitative estimate of drug-likeness (QED) is 0.366. The molecule has 1 aliphatic heterocycles. The van der Waals surface area contributed by atoms with E-state index in [0.29, 0.717) is 24.1 Å². The number of halogens is 1. The van der Waals surface area contributed by atoms with Gasteiger partial charge in [0.05, 0.1) is 11.6 Å². The number of hydrogen-bond donors (Lipinski definition) is 0. The van der Waals surface area contributed by atoms with Crippen LogP contribution in [0.1, 0.15) is 74.5 Å². The van der Waals surface area contributed by atoms with Gasteiger partial charge in [-0.2, -0.15) is 5.26 Å². The zero-order valence-corrected chi connectivity index (χ0v) is 23.5. The third-order valence-electron chi connectivity index (χ3n) is 9.12. The Hall–Kier alpha value is -4.38. The van der Waals surface area contributed by atoms with Crippen molar-refractivity contribution < 1.29 is 18.8 Å². The van der Waals surface area contributed by atoms with Gasteiger partial charge in [-0.05, 0) is 80.0 Å². The molecule has 2 amide bonds. The normalized spacial score (nSPS) is 22.3. The summed E-state index contributed by atoms with van der Waals surface area (Å²) in [4.78, 5) is 50.4. The highest BCUT2D eigenvalue weighted by Crippen LogP contribution is 2.47. The fraction of sp³-hybridized carbons (Fsp3) is 0.382. The van der Waals surface area contributed by atoms with Crippen molar-refractivity contribution in [3.63, 3.8) is 0 Å². The first-order chi connectivity index (χ1) is 20.4. The van der Waals surface area contributed by atoms with E-state index in [1.54, 1.807) is 12.1 Å². The molecule has 3 aliphatic rings. The molecule has 1 aromatic heterocycles. The molecule has 2 aliphatic carbocycles. The van der Waals surface area contributed by atoms with E-state index >= 15 is 4.79 Å². The van der Waals surface area contributed by atoms with Crippen LogP contribution in [0.3, 0.4) is 0 Å². The average molecular weight is 565 g/mol. The second-order valence-electron chi connectivity index (χ2n) is 11.6. The Balaban J connectivity index is 1.55. The van der Waals surface area contributed by atoms with Crippen molar-refractivity contribution in [2.24, 2.45) is 5.92 Å². The highest BCUT2D eigenvalue weighted by Gasteiger charge is 2.55. The van der Waals surface area contributed by atoms with E-state index in [0.717, 1.165) is 49.7 Å². The Labute approximate surface area is 245 Å².